The second-order valence-corrected chi connectivity index (χ2v) is 9.03. The Kier molecular flexibility index (Phi) is 6.22. The summed E-state index contributed by atoms with van der Waals surface area (Å²) in [4.78, 5) is 31.9. The fourth-order valence-corrected chi connectivity index (χ4v) is 4.90. The number of nitrogens with one attached hydrogen (secondary N) is 2. The number of hydrogen-bond donors (Lipinski definition) is 2. The van der Waals surface area contributed by atoms with Gasteiger partial charge >= 0.3 is 0 Å². The van der Waals surface area contributed by atoms with Gasteiger partial charge in [0.2, 0.25) is 0 Å². The number of carbonyl (C=O) groups is 1. The normalized spacial score (nSPS) is 21.2. The minimum Gasteiger partial charge on any atom is -0.490 e. The molecule has 2 saturated heterocycles. The first-order chi connectivity index (χ1) is 16.4. The number of hydrogen-bond acceptors (Lipinski definition) is 5. The highest BCUT2D eigenvalue weighted by Crippen LogP contribution is 2.40. The van der Waals surface area contributed by atoms with Gasteiger partial charge in [-0.25, -0.2) is 13.8 Å². The Morgan fingerprint density at radius 3 is 2.79 bits per heavy atom. The lowest BCUT2D eigenvalue weighted by atomic mass is 9.87. The summed E-state index contributed by atoms with van der Waals surface area (Å²) in [5.41, 5.74) is 0.0256. The Hall–Kier alpha value is -3.04. The molecule has 1 unspecified atom stereocenters. The molecule has 3 atom stereocenters. The van der Waals surface area contributed by atoms with Crippen LogP contribution in [-0.2, 0) is 11.3 Å². The summed E-state index contributed by atoms with van der Waals surface area (Å²) >= 11 is 5.75. The molecule has 178 valence electrons. The molecule has 3 aromatic rings. The highest BCUT2D eigenvalue weighted by molar-refractivity contribution is 6.30. The van der Waals surface area contributed by atoms with Gasteiger partial charge in [-0.05, 0) is 61.4 Å². The maximum Gasteiger partial charge on any atom is 0.287 e. The van der Waals surface area contributed by atoms with E-state index in [4.69, 9.17) is 21.1 Å². The van der Waals surface area contributed by atoms with Crippen LogP contribution in [0.25, 0.3) is 10.9 Å². The fraction of sp³-hybridized carbons (Fsp3) is 0.375. The number of aromatic nitrogens is 2. The fourth-order valence-electron chi connectivity index (χ4n) is 4.70. The van der Waals surface area contributed by atoms with Gasteiger partial charge in [0.05, 0.1) is 29.4 Å². The number of benzene rings is 2. The molecule has 34 heavy (non-hydrogen) atoms. The van der Waals surface area contributed by atoms with Crippen molar-refractivity contribution in [3.63, 3.8) is 0 Å². The number of aromatic amines is 1. The molecule has 7 nitrogen and oxygen atoms in total. The van der Waals surface area contributed by atoms with Gasteiger partial charge in [-0.2, -0.15) is 0 Å². The van der Waals surface area contributed by atoms with Gasteiger partial charge in [-0.1, -0.05) is 17.7 Å². The van der Waals surface area contributed by atoms with Crippen molar-refractivity contribution in [3.05, 3.63) is 68.7 Å². The topological polar surface area (TPSA) is 93.3 Å². The SMILES string of the molecule is O=C(NCc1ccc(F)c(Cl)c1)c1nc2ccc(F)c(OCCC3C[C@H]4CC[C@@H]3O4)c2c(=O)[nH]1. The Labute approximate surface area is 198 Å². The number of carbonyl (C=O) groups excluding carboxylic acids is 1. The largest absolute Gasteiger partial charge is 0.490 e. The number of rotatable bonds is 7. The van der Waals surface area contributed by atoms with Crippen molar-refractivity contribution in [2.24, 2.45) is 5.92 Å². The average molecular weight is 490 g/mol. The molecular formula is C24H22ClF2N3O4. The molecule has 0 radical (unpaired) electrons. The Morgan fingerprint density at radius 2 is 2.06 bits per heavy atom. The number of ether oxygens (including phenoxy) is 2. The third-order valence-corrected chi connectivity index (χ3v) is 6.69. The van der Waals surface area contributed by atoms with E-state index >= 15 is 0 Å². The Balaban J connectivity index is 1.30. The van der Waals surface area contributed by atoms with E-state index < -0.39 is 23.1 Å². The molecule has 2 fully saturated rings. The summed E-state index contributed by atoms with van der Waals surface area (Å²) in [6.07, 6.45) is 4.38. The van der Waals surface area contributed by atoms with E-state index in [9.17, 15) is 18.4 Å². The summed E-state index contributed by atoms with van der Waals surface area (Å²) in [5.74, 6) is -1.92. The van der Waals surface area contributed by atoms with Crippen LogP contribution in [0.5, 0.6) is 5.75 Å². The van der Waals surface area contributed by atoms with Gasteiger partial charge in [-0.3, -0.25) is 9.59 Å². The zero-order chi connectivity index (χ0) is 23.8. The molecule has 3 heterocycles. The number of H-pyrrole nitrogens is 1. The van der Waals surface area contributed by atoms with Crippen molar-refractivity contribution < 1.29 is 23.0 Å². The lowest BCUT2D eigenvalue weighted by Gasteiger charge is -2.18. The van der Waals surface area contributed by atoms with Crippen molar-refractivity contribution >= 4 is 28.4 Å². The Morgan fingerprint density at radius 1 is 1.24 bits per heavy atom. The molecule has 2 aliphatic rings. The van der Waals surface area contributed by atoms with Crippen LogP contribution in [0.2, 0.25) is 5.02 Å². The zero-order valence-electron chi connectivity index (χ0n) is 18.1. The second kappa shape index (κ2) is 9.31. The standard InChI is InChI=1S/C24H22ClF2N3O4/c25-15-9-12(1-3-16(15)26)11-28-24(32)22-29-18-5-4-17(27)21(20(18)23(31)30-22)33-8-7-13-10-14-2-6-19(13)34-14/h1,3-5,9,13-14,19H,2,6-8,10-11H2,(H,28,32)(H,29,30,31)/t13?,14-,19+/m1/s1. The van der Waals surface area contributed by atoms with Gasteiger partial charge in [0, 0.05) is 6.54 Å². The smallest absolute Gasteiger partial charge is 0.287 e. The molecular weight excluding hydrogens is 468 g/mol. The summed E-state index contributed by atoms with van der Waals surface area (Å²) in [6.45, 7) is 0.292. The van der Waals surface area contributed by atoms with Crippen molar-refractivity contribution in [2.45, 2.75) is 44.4 Å². The third kappa shape index (κ3) is 4.50. The lowest BCUT2D eigenvalue weighted by molar-refractivity contribution is 0.0884. The van der Waals surface area contributed by atoms with Gasteiger partial charge in [0.1, 0.15) is 11.2 Å². The zero-order valence-corrected chi connectivity index (χ0v) is 18.8. The van der Waals surface area contributed by atoms with E-state index in [0.29, 0.717) is 24.0 Å². The minimum absolute atomic E-state index is 0.0467. The number of amides is 1. The molecule has 1 amide bonds. The molecule has 5 rings (SSSR count). The first-order valence-electron chi connectivity index (χ1n) is 11.1. The number of halogens is 3. The molecule has 1 aromatic heterocycles. The van der Waals surface area contributed by atoms with Crippen LogP contribution in [0.1, 0.15) is 41.9 Å². The third-order valence-electron chi connectivity index (χ3n) is 6.40. The predicted molar refractivity (Wildman–Crippen MR) is 121 cm³/mol. The molecule has 0 saturated carbocycles. The van der Waals surface area contributed by atoms with Crippen LogP contribution in [-0.4, -0.2) is 34.7 Å². The van der Waals surface area contributed by atoms with Gasteiger partial charge in [0.25, 0.3) is 11.5 Å². The van der Waals surface area contributed by atoms with Crippen molar-refractivity contribution in [3.8, 4) is 5.75 Å². The maximum absolute atomic E-state index is 14.5. The van der Waals surface area contributed by atoms with E-state index in [2.05, 4.69) is 15.3 Å². The predicted octanol–water partition coefficient (Wildman–Crippen LogP) is 4.12. The second-order valence-electron chi connectivity index (χ2n) is 8.62. The average Bonchev–Trinajstić information content (AvgIpc) is 3.44. The molecule has 2 N–H and O–H groups in total. The monoisotopic (exact) mass is 489 g/mol. The van der Waals surface area contributed by atoms with Crippen LogP contribution < -0.4 is 15.6 Å². The number of nitrogens with zero attached hydrogens (tertiary/aromatic N) is 1. The van der Waals surface area contributed by atoms with E-state index in [1.807, 2.05) is 0 Å². The van der Waals surface area contributed by atoms with E-state index in [1.165, 1.54) is 24.3 Å². The quantitative estimate of drug-likeness (QED) is 0.520. The molecule has 2 aliphatic heterocycles. The minimum atomic E-state index is -0.683. The van der Waals surface area contributed by atoms with Crippen LogP contribution in [0.15, 0.2) is 35.1 Å². The Bertz CT molecular complexity index is 1320. The highest BCUT2D eigenvalue weighted by atomic mass is 35.5. The van der Waals surface area contributed by atoms with E-state index in [-0.39, 0.29) is 46.8 Å². The maximum atomic E-state index is 14.5. The first-order valence-corrected chi connectivity index (χ1v) is 11.5. The number of fused-ring (bicyclic) bond motifs is 3. The molecule has 2 bridgehead atoms. The summed E-state index contributed by atoms with van der Waals surface area (Å²) in [5, 5.41) is 2.48. The summed E-state index contributed by atoms with van der Waals surface area (Å²) < 4.78 is 39.4. The highest BCUT2D eigenvalue weighted by Gasteiger charge is 2.40. The molecule has 10 heteroatoms. The summed E-state index contributed by atoms with van der Waals surface area (Å²) in [6, 6.07) is 6.55. The molecule has 0 aliphatic carbocycles. The van der Waals surface area contributed by atoms with Crippen molar-refractivity contribution in [2.75, 3.05) is 6.61 Å². The van der Waals surface area contributed by atoms with Crippen molar-refractivity contribution in [1.29, 1.82) is 0 Å². The first kappa shape index (κ1) is 22.7. The molecule has 2 aromatic carbocycles. The van der Waals surface area contributed by atoms with Crippen molar-refractivity contribution in [1.82, 2.24) is 15.3 Å². The van der Waals surface area contributed by atoms with Gasteiger partial charge in [0.15, 0.2) is 17.4 Å². The van der Waals surface area contributed by atoms with Crippen LogP contribution in [0.3, 0.4) is 0 Å². The molecule has 0 spiro atoms. The van der Waals surface area contributed by atoms with E-state index in [0.717, 1.165) is 25.3 Å². The van der Waals surface area contributed by atoms with Gasteiger partial charge in [-0.15, -0.1) is 0 Å². The lowest BCUT2D eigenvalue weighted by Crippen LogP contribution is -2.27. The van der Waals surface area contributed by atoms with Crippen LogP contribution in [0.4, 0.5) is 8.78 Å². The van der Waals surface area contributed by atoms with Crippen LogP contribution in [0, 0.1) is 17.6 Å². The van der Waals surface area contributed by atoms with Crippen LogP contribution >= 0.6 is 11.6 Å². The van der Waals surface area contributed by atoms with Gasteiger partial charge < -0.3 is 19.8 Å². The van der Waals surface area contributed by atoms with E-state index in [1.54, 1.807) is 0 Å². The summed E-state index contributed by atoms with van der Waals surface area (Å²) in [7, 11) is 0.